The van der Waals surface area contributed by atoms with Crippen molar-refractivity contribution in [1.29, 1.82) is 0 Å². The molecule has 1 atom stereocenters. The van der Waals surface area contributed by atoms with Gasteiger partial charge in [-0.1, -0.05) is 31.1 Å². The summed E-state index contributed by atoms with van der Waals surface area (Å²) in [6, 6.07) is 7.09. The third kappa shape index (κ3) is 5.74. The molecule has 0 spiro atoms. The first kappa shape index (κ1) is 19.8. The molecule has 6 nitrogen and oxygen atoms in total. The first-order chi connectivity index (χ1) is 13.0. The summed E-state index contributed by atoms with van der Waals surface area (Å²) in [6.45, 7) is 9.28. The molecule has 148 valence electrons. The number of likely N-dealkylation sites (tertiary alicyclic amines) is 1. The monoisotopic (exact) mass is 376 g/mol. The molecule has 0 saturated carbocycles. The molecule has 1 aliphatic rings. The lowest BCUT2D eigenvalue weighted by Crippen LogP contribution is -2.38. The largest absolute Gasteiger partial charge is 0.380 e. The summed E-state index contributed by atoms with van der Waals surface area (Å²) in [5, 5.41) is 7.35. The zero-order valence-corrected chi connectivity index (χ0v) is 16.3. The minimum absolute atomic E-state index is 0.166. The highest BCUT2D eigenvalue weighted by molar-refractivity contribution is 5.45. The van der Waals surface area contributed by atoms with Gasteiger partial charge in [-0.3, -0.25) is 4.90 Å². The number of anilines is 1. The molecule has 1 aromatic heterocycles. The van der Waals surface area contributed by atoms with Gasteiger partial charge in [-0.25, -0.2) is 4.39 Å². The standard InChI is InChI=1S/C20H29FN4O2/c1-14(2)13-26-15(3)20-23-19(27-24-20)12-25-10-8-16(9-11-25)22-18-7-5-4-6-17(18)21/h4-7,14-16,22H,8-13H2,1-3H3/t15-/m0/s1. The second-order valence-electron chi connectivity index (χ2n) is 7.59. The van der Waals surface area contributed by atoms with Crippen LogP contribution in [0, 0.1) is 11.7 Å². The number of benzene rings is 1. The van der Waals surface area contributed by atoms with Crippen molar-refractivity contribution in [3.8, 4) is 0 Å². The normalized spacial score (nSPS) is 17.4. The lowest BCUT2D eigenvalue weighted by Gasteiger charge is -2.32. The predicted molar refractivity (Wildman–Crippen MR) is 102 cm³/mol. The van der Waals surface area contributed by atoms with Crippen molar-refractivity contribution in [2.45, 2.75) is 52.3 Å². The van der Waals surface area contributed by atoms with Crippen LogP contribution in [0.25, 0.3) is 0 Å². The molecular weight excluding hydrogens is 347 g/mol. The van der Waals surface area contributed by atoms with Crippen LogP contribution in [0.5, 0.6) is 0 Å². The van der Waals surface area contributed by atoms with Crippen LogP contribution in [0.3, 0.4) is 0 Å². The molecule has 7 heteroatoms. The van der Waals surface area contributed by atoms with Crippen molar-refractivity contribution in [2.24, 2.45) is 5.92 Å². The molecule has 0 amide bonds. The Morgan fingerprint density at radius 3 is 2.70 bits per heavy atom. The number of rotatable bonds is 8. The van der Waals surface area contributed by atoms with Crippen LogP contribution in [0.1, 0.15) is 51.4 Å². The van der Waals surface area contributed by atoms with Crippen molar-refractivity contribution in [1.82, 2.24) is 15.0 Å². The molecule has 1 N–H and O–H groups in total. The molecule has 2 aromatic rings. The van der Waals surface area contributed by atoms with Gasteiger partial charge in [0, 0.05) is 25.7 Å². The topological polar surface area (TPSA) is 63.4 Å². The number of nitrogens with zero attached hydrogens (tertiary/aromatic N) is 3. The lowest BCUT2D eigenvalue weighted by molar-refractivity contribution is 0.0402. The molecule has 2 heterocycles. The summed E-state index contributed by atoms with van der Waals surface area (Å²) in [5.74, 6) is 1.48. The highest BCUT2D eigenvalue weighted by Crippen LogP contribution is 2.21. The number of hydrogen-bond acceptors (Lipinski definition) is 6. The van der Waals surface area contributed by atoms with E-state index in [9.17, 15) is 4.39 Å². The molecule has 1 fully saturated rings. The Kier molecular flexibility index (Phi) is 6.79. The first-order valence-corrected chi connectivity index (χ1v) is 9.68. The minimum Gasteiger partial charge on any atom is -0.380 e. The van der Waals surface area contributed by atoms with Crippen molar-refractivity contribution < 1.29 is 13.7 Å². The molecule has 1 aromatic carbocycles. The summed E-state index contributed by atoms with van der Waals surface area (Å²) >= 11 is 0. The zero-order chi connectivity index (χ0) is 19.2. The van der Waals surface area contributed by atoms with Crippen LogP contribution in [0.2, 0.25) is 0 Å². The van der Waals surface area contributed by atoms with Crippen LogP contribution in [-0.4, -0.2) is 40.8 Å². The maximum absolute atomic E-state index is 13.8. The van der Waals surface area contributed by atoms with Gasteiger partial charge in [-0.15, -0.1) is 0 Å². The van der Waals surface area contributed by atoms with Gasteiger partial charge in [-0.05, 0) is 37.8 Å². The maximum atomic E-state index is 13.8. The van der Waals surface area contributed by atoms with Crippen molar-refractivity contribution in [2.75, 3.05) is 25.0 Å². The van der Waals surface area contributed by atoms with Gasteiger partial charge < -0.3 is 14.6 Å². The van der Waals surface area contributed by atoms with Crippen LogP contribution in [-0.2, 0) is 11.3 Å². The van der Waals surface area contributed by atoms with E-state index in [-0.39, 0.29) is 18.0 Å². The fraction of sp³-hybridized carbons (Fsp3) is 0.600. The van der Waals surface area contributed by atoms with E-state index in [1.165, 1.54) is 6.07 Å². The second kappa shape index (κ2) is 9.28. The Bertz CT molecular complexity index is 714. The van der Waals surface area contributed by atoms with E-state index in [0.29, 0.717) is 36.5 Å². The van der Waals surface area contributed by atoms with E-state index < -0.39 is 0 Å². The third-order valence-corrected chi connectivity index (χ3v) is 4.71. The highest BCUT2D eigenvalue weighted by atomic mass is 19.1. The van der Waals surface area contributed by atoms with Crippen molar-refractivity contribution in [3.63, 3.8) is 0 Å². The van der Waals surface area contributed by atoms with Crippen LogP contribution in [0.15, 0.2) is 28.8 Å². The Labute approximate surface area is 160 Å². The predicted octanol–water partition coefficient (Wildman–Crippen LogP) is 4.02. The van der Waals surface area contributed by atoms with E-state index >= 15 is 0 Å². The summed E-state index contributed by atoms with van der Waals surface area (Å²) in [7, 11) is 0. The summed E-state index contributed by atoms with van der Waals surface area (Å²) in [5.41, 5.74) is 0.577. The Balaban J connectivity index is 1.45. The van der Waals surface area contributed by atoms with Gasteiger partial charge in [0.25, 0.3) is 0 Å². The molecule has 1 aliphatic heterocycles. The van der Waals surface area contributed by atoms with E-state index in [2.05, 4.69) is 34.2 Å². The first-order valence-electron chi connectivity index (χ1n) is 9.68. The van der Waals surface area contributed by atoms with Crippen molar-refractivity contribution >= 4 is 5.69 Å². The Hall–Kier alpha value is -1.99. The SMILES string of the molecule is CC(C)CO[C@@H](C)c1noc(CN2CCC(Nc3ccccc3F)CC2)n1. The number of halogens is 1. The molecule has 0 aliphatic carbocycles. The fourth-order valence-electron chi connectivity index (χ4n) is 3.13. The molecule has 0 unspecified atom stereocenters. The van der Waals surface area contributed by atoms with Crippen molar-refractivity contribution in [3.05, 3.63) is 41.8 Å². The number of piperidine rings is 1. The number of aromatic nitrogens is 2. The molecule has 1 saturated heterocycles. The summed E-state index contributed by atoms with van der Waals surface area (Å²) in [6.07, 6.45) is 1.73. The minimum atomic E-state index is -0.202. The Morgan fingerprint density at radius 1 is 1.26 bits per heavy atom. The molecular formula is C20H29FN4O2. The smallest absolute Gasteiger partial charge is 0.240 e. The average Bonchev–Trinajstić information content (AvgIpc) is 3.12. The van der Waals surface area contributed by atoms with Crippen LogP contribution < -0.4 is 5.32 Å². The maximum Gasteiger partial charge on any atom is 0.240 e. The number of nitrogens with one attached hydrogen (secondary N) is 1. The second-order valence-corrected chi connectivity index (χ2v) is 7.59. The van der Waals surface area contributed by atoms with E-state index in [1.54, 1.807) is 12.1 Å². The highest BCUT2D eigenvalue weighted by Gasteiger charge is 2.22. The van der Waals surface area contributed by atoms with Gasteiger partial charge in [0.2, 0.25) is 5.89 Å². The number of para-hydroxylation sites is 1. The molecule has 0 radical (unpaired) electrons. The van der Waals surface area contributed by atoms with E-state index in [4.69, 9.17) is 9.26 Å². The van der Waals surface area contributed by atoms with Gasteiger partial charge in [0.1, 0.15) is 11.9 Å². The van der Waals surface area contributed by atoms with Gasteiger partial charge >= 0.3 is 0 Å². The van der Waals surface area contributed by atoms with Gasteiger partial charge in [-0.2, -0.15) is 4.98 Å². The third-order valence-electron chi connectivity index (χ3n) is 4.71. The lowest BCUT2D eigenvalue weighted by atomic mass is 10.0. The molecule has 27 heavy (non-hydrogen) atoms. The zero-order valence-electron chi connectivity index (χ0n) is 16.3. The summed E-state index contributed by atoms with van der Waals surface area (Å²) in [4.78, 5) is 6.76. The summed E-state index contributed by atoms with van der Waals surface area (Å²) < 4.78 is 24.9. The van der Waals surface area contributed by atoms with E-state index in [0.717, 1.165) is 25.9 Å². The number of hydrogen-bond donors (Lipinski definition) is 1. The molecule has 3 rings (SSSR count). The Morgan fingerprint density at radius 2 is 2.00 bits per heavy atom. The number of ether oxygens (including phenoxy) is 1. The molecule has 0 bridgehead atoms. The van der Waals surface area contributed by atoms with Crippen LogP contribution >= 0.6 is 0 Å². The van der Waals surface area contributed by atoms with E-state index in [1.807, 2.05) is 13.0 Å². The van der Waals surface area contributed by atoms with Gasteiger partial charge in [0.05, 0.1) is 12.2 Å². The van der Waals surface area contributed by atoms with Gasteiger partial charge in [0.15, 0.2) is 5.82 Å². The fourth-order valence-corrected chi connectivity index (χ4v) is 3.13. The quantitative estimate of drug-likeness (QED) is 0.751. The van der Waals surface area contributed by atoms with Crippen LogP contribution in [0.4, 0.5) is 10.1 Å². The average molecular weight is 376 g/mol.